The van der Waals surface area contributed by atoms with Crippen molar-refractivity contribution >= 4 is 17.9 Å². The van der Waals surface area contributed by atoms with Gasteiger partial charge in [-0.1, -0.05) is 229 Å². The fourth-order valence-electron chi connectivity index (χ4n) is 7.66. The summed E-state index contributed by atoms with van der Waals surface area (Å²) in [5.74, 6) is -0.894. The lowest BCUT2D eigenvalue weighted by atomic mass is 10.0. The van der Waals surface area contributed by atoms with Gasteiger partial charge in [-0.2, -0.15) is 0 Å². The molecule has 64 heavy (non-hydrogen) atoms. The number of carbonyl (C=O) groups is 3. The standard InChI is InChI=1S/C58H102O6/c1-4-7-10-13-16-19-22-25-27-28-29-30-32-33-36-39-42-45-48-51-57(60)63-54-55(53-62-56(59)50-47-44-41-38-35-24-21-18-15-12-9-6-3)64-58(61)52-49-46-43-40-37-34-31-26-23-20-17-14-11-8-5-2/h8,11,16-17,19-20,25-27,31,55H,4-7,9-10,12-15,18,21-24,28-30,32-54H2,1-3H3/b11-8-,19-16-,20-17-,27-25-,31-26-/t55-/m0/s1. The zero-order valence-corrected chi connectivity index (χ0v) is 42.3. The number of hydrogen-bond acceptors (Lipinski definition) is 6. The lowest BCUT2D eigenvalue weighted by Gasteiger charge is -2.18. The Kier molecular flexibility index (Phi) is 50.4. The predicted octanol–water partition coefficient (Wildman–Crippen LogP) is 18.0. The van der Waals surface area contributed by atoms with Crippen molar-refractivity contribution in [2.24, 2.45) is 0 Å². The molecule has 0 aromatic heterocycles. The Balaban J connectivity index is 4.36. The van der Waals surface area contributed by atoms with Crippen molar-refractivity contribution in [1.82, 2.24) is 0 Å². The van der Waals surface area contributed by atoms with Crippen LogP contribution in [0.2, 0.25) is 0 Å². The highest BCUT2D eigenvalue weighted by Gasteiger charge is 2.19. The summed E-state index contributed by atoms with van der Waals surface area (Å²) in [6.07, 6.45) is 64.9. The van der Waals surface area contributed by atoms with Gasteiger partial charge < -0.3 is 14.2 Å². The topological polar surface area (TPSA) is 78.9 Å². The van der Waals surface area contributed by atoms with Gasteiger partial charge in [-0.15, -0.1) is 0 Å². The Bertz CT molecular complexity index is 1170. The molecule has 0 rings (SSSR count). The summed E-state index contributed by atoms with van der Waals surface area (Å²) in [6, 6.07) is 0. The summed E-state index contributed by atoms with van der Waals surface area (Å²) in [7, 11) is 0. The smallest absolute Gasteiger partial charge is 0.306 e. The van der Waals surface area contributed by atoms with Gasteiger partial charge >= 0.3 is 17.9 Å². The summed E-state index contributed by atoms with van der Waals surface area (Å²) < 4.78 is 16.8. The molecule has 0 unspecified atom stereocenters. The van der Waals surface area contributed by atoms with Crippen LogP contribution in [0.3, 0.4) is 0 Å². The first-order valence-corrected chi connectivity index (χ1v) is 27.3. The maximum Gasteiger partial charge on any atom is 0.306 e. The third-order valence-corrected chi connectivity index (χ3v) is 11.8. The van der Waals surface area contributed by atoms with Gasteiger partial charge in [0, 0.05) is 19.3 Å². The average molecular weight is 895 g/mol. The molecule has 0 heterocycles. The minimum absolute atomic E-state index is 0.0805. The molecule has 0 saturated carbocycles. The molecule has 0 aliphatic heterocycles. The van der Waals surface area contributed by atoms with Gasteiger partial charge in [0.15, 0.2) is 6.10 Å². The van der Waals surface area contributed by atoms with E-state index < -0.39 is 6.10 Å². The van der Waals surface area contributed by atoms with Gasteiger partial charge in [0.05, 0.1) is 0 Å². The number of unbranched alkanes of at least 4 members (excludes halogenated alkanes) is 28. The highest BCUT2D eigenvalue weighted by Crippen LogP contribution is 2.15. The summed E-state index contributed by atoms with van der Waals surface area (Å²) in [4.78, 5) is 38.0. The molecule has 0 N–H and O–H groups in total. The van der Waals surface area contributed by atoms with Gasteiger partial charge in [-0.25, -0.2) is 0 Å². The second kappa shape index (κ2) is 52.7. The lowest BCUT2D eigenvalue weighted by molar-refractivity contribution is -0.167. The summed E-state index contributed by atoms with van der Waals surface area (Å²) in [5.41, 5.74) is 0. The fraction of sp³-hybridized carbons (Fsp3) is 0.776. The molecular formula is C58H102O6. The number of carbonyl (C=O) groups excluding carboxylic acids is 3. The number of hydrogen-bond donors (Lipinski definition) is 0. The lowest BCUT2D eigenvalue weighted by Crippen LogP contribution is -2.30. The molecule has 0 aromatic rings. The molecule has 6 nitrogen and oxygen atoms in total. The molecule has 0 amide bonds. The van der Waals surface area contributed by atoms with Gasteiger partial charge in [-0.3, -0.25) is 14.4 Å². The quantitative estimate of drug-likeness (QED) is 0.0262. The molecule has 0 aliphatic rings. The minimum atomic E-state index is -0.782. The molecule has 0 radical (unpaired) electrons. The zero-order valence-electron chi connectivity index (χ0n) is 42.3. The largest absolute Gasteiger partial charge is 0.462 e. The monoisotopic (exact) mass is 895 g/mol. The first-order valence-electron chi connectivity index (χ1n) is 27.3. The predicted molar refractivity (Wildman–Crippen MR) is 275 cm³/mol. The van der Waals surface area contributed by atoms with Crippen molar-refractivity contribution in [3.63, 3.8) is 0 Å². The molecule has 1 atom stereocenters. The Hall–Kier alpha value is -2.89. The van der Waals surface area contributed by atoms with E-state index in [4.69, 9.17) is 14.2 Å². The van der Waals surface area contributed by atoms with Crippen molar-refractivity contribution in [1.29, 1.82) is 0 Å². The van der Waals surface area contributed by atoms with Crippen molar-refractivity contribution in [3.05, 3.63) is 60.8 Å². The Morgan fingerprint density at radius 3 is 0.984 bits per heavy atom. The van der Waals surface area contributed by atoms with Crippen LogP contribution in [0.1, 0.15) is 271 Å². The van der Waals surface area contributed by atoms with E-state index in [0.717, 1.165) is 103 Å². The van der Waals surface area contributed by atoms with E-state index in [2.05, 4.69) is 81.5 Å². The van der Waals surface area contributed by atoms with Crippen LogP contribution < -0.4 is 0 Å². The molecular weight excluding hydrogens is 793 g/mol. The maximum absolute atomic E-state index is 12.8. The number of ether oxygens (including phenoxy) is 3. The van der Waals surface area contributed by atoms with Crippen LogP contribution in [0.25, 0.3) is 0 Å². The first kappa shape index (κ1) is 61.1. The minimum Gasteiger partial charge on any atom is -0.462 e. The Morgan fingerprint density at radius 2 is 0.609 bits per heavy atom. The van der Waals surface area contributed by atoms with E-state index in [9.17, 15) is 14.4 Å². The van der Waals surface area contributed by atoms with Crippen LogP contribution in [0.5, 0.6) is 0 Å². The first-order chi connectivity index (χ1) is 31.5. The molecule has 6 heteroatoms. The van der Waals surface area contributed by atoms with Crippen LogP contribution in [0, 0.1) is 0 Å². The van der Waals surface area contributed by atoms with Crippen LogP contribution in [-0.2, 0) is 28.6 Å². The highest BCUT2D eigenvalue weighted by molar-refractivity contribution is 5.71. The molecule has 0 spiro atoms. The Morgan fingerprint density at radius 1 is 0.328 bits per heavy atom. The SMILES string of the molecule is CC/C=C\C/C=C\C/C=C\CCCCCCCC(=O)O[C@H](COC(=O)CCCCCCCCCCC/C=C\C/C=C\CCCCC)COC(=O)CCCCCCCCCCCCCC. The van der Waals surface area contributed by atoms with Crippen molar-refractivity contribution in [3.8, 4) is 0 Å². The van der Waals surface area contributed by atoms with Gasteiger partial charge in [0.25, 0.3) is 0 Å². The van der Waals surface area contributed by atoms with E-state index in [0.29, 0.717) is 19.3 Å². The highest BCUT2D eigenvalue weighted by atomic mass is 16.6. The number of esters is 3. The molecule has 0 saturated heterocycles. The number of allylic oxidation sites excluding steroid dienone is 10. The van der Waals surface area contributed by atoms with E-state index in [1.807, 2.05) is 0 Å². The second-order valence-corrected chi connectivity index (χ2v) is 18.1. The molecule has 0 fully saturated rings. The maximum atomic E-state index is 12.8. The molecule has 0 aromatic carbocycles. The van der Waals surface area contributed by atoms with Crippen LogP contribution >= 0.6 is 0 Å². The van der Waals surface area contributed by atoms with Gasteiger partial charge in [0.2, 0.25) is 0 Å². The number of rotatable bonds is 49. The summed E-state index contributed by atoms with van der Waals surface area (Å²) in [6.45, 7) is 6.50. The van der Waals surface area contributed by atoms with Crippen LogP contribution in [0.15, 0.2) is 60.8 Å². The zero-order chi connectivity index (χ0) is 46.5. The van der Waals surface area contributed by atoms with Gasteiger partial charge in [0.1, 0.15) is 13.2 Å². The second-order valence-electron chi connectivity index (χ2n) is 18.1. The van der Waals surface area contributed by atoms with Gasteiger partial charge in [-0.05, 0) is 83.5 Å². The Labute approximate surface area is 396 Å². The summed E-state index contributed by atoms with van der Waals surface area (Å²) >= 11 is 0. The van der Waals surface area contributed by atoms with Crippen molar-refractivity contribution in [2.45, 2.75) is 277 Å². The van der Waals surface area contributed by atoms with E-state index in [-0.39, 0.29) is 31.1 Å². The molecule has 0 bridgehead atoms. The normalized spacial score (nSPS) is 12.5. The fourth-order valence-corrected chi connectivity index (χ4v) is 7.66. The molecule has 370 valence electrons. The van der Waals surface area contributed by atoms with E-state index in [1.54, 1.807) is 0 Å². The third-order valence-electron chi connectivity index (χ3n) is 11.8. The molecule has 0 aliphatic carbocycles. The summed E-state index contributed by atoms with van der Waals surface area (Å²) in [5, 5.41) is 0. The van der Waals surface area contributed by atoms with Crippen LogP contribution in [0.4, 0.5) is 0 Å². The third kappa shape index (κ3) is 50.1. The van der Waals surface area contributed by atoms with Crippen molar-refractivity contribution in [2.75, 3.05) is 13.2 Å². The van der Waals surface area contributed by atoms with E-state index >= 15 is 0 Å². The average Bonchev–Trinajstić information content (AvgIpc) is 3.29. The van der Waals surface area contributed by atoms with Crippen LogP contribution in [-0.4, -0.2) is 37.2 Å². The van der Waals surface area contributed by atoms with E-state index in [1.165, 1.54) is 128 Å². The van der Waals surface area contributed by atoms with Crippen molar-refractivity contribution < 1.29 is 28.6 Å².